The van der Waals surface area contributed by atoms with Gasteiger partial charge in [0, 0.05) is 6.20 Å². The molecule has 3 aromatic rings. The Hall–Kier alpha value is -1.59. The van der Waals surface area contributed by atoms with Gasteiger partial charge in [-0.2, -0.15) is 5.10 Å². The van der Waals surface area contributed by atoms with Crippen molar-refractivity contribution >= 4 is 33.0 Å². The molecule has 0 unspecified atom stereocenters. The number of aromatic nitrogens is 2. The summed E-state index contributed by atoms with van der Waals surface area (Å²) in [5, 5.41) is 4.61. The van der Waals surface area contributed by atoms with E-state index in [2.05, 4.69) is 40.1 Å². The van der Waals surface area contributed by atoms with Crippen molar-refractivity contribution in [3.05, 3.63) is 57.5 Å². The van der Waals surface area contributed by atoms with Crippen LogP contribution in [0.1, 0.15) is 11.1 Å². The van der Waals surface area contributed by atoms with Crippen molar-refractivity contribution in [3.8, 4) is 10.6 Å². The lowest BCUT2D eigenvalue weighted by Crippen LogP contribution is -2.01. The summed E-state index contributed by atoms with van der Waals surface area (Å²) in [6, 6.07) is 12.4. The van der Waals surface area contributed by atoms with E-state index < -0.39 is 0 Å². The fourth-order valence-corrected chi connectivity index (χ4v) is 3.51. The molecule has 3 rings (SSSR count). The molecule has 0 aliphatic rings. The zero-order chi connectivity index (χ0) is 14.1. The van der Waals surface area contributed by atoms with Crippen LogP contribution in [-0.4, -0.2) is 9.78 Å². The average molecular weight is 348 g/mol. The molecule has 0 saturated heterocycles. The fraction of sp³-hybridized carbons (Fsp3) is 0.133. The van der Waals surface area contributed by atoms with Crippen molar-refractivity contribution in [1.29, 1.82) is 0 Å². The van der Waals surface area contributed by atoms with Gasteiger partial charge in [-0.1, -0.05) is 24.3 Å². The lowest BCUT2D eigenvalue weighted by Gasteiger charge is -2.05. The maximum absolute atomic E-state index is 6.08. The summed E-state index contributed by atoms with van der Waals surface area (Å²) in [4.78, 5) is 1.08. The van der Waals surface area contributed by atoms with Crippen molar-refractivity contribution in [1.82, 2.24) is 9.78 Å². The normalized spacial score (nSPS) is 10.9. The predicted molar refractivity (Wildman–Crippen MR) is 87.9 cm³/mol. The summed E-state index contributed by atoms with van der Waals surface area (Å²) in [5.74, 6) is 0. The standard InChI is InChI=1S/C15H14BrN3S/c1-10-4-2-3-5-11(10)8-19-9-12(17)15(18-19)13-6-7-14(16)20-13/h2-7,9H,8,17H2,1H3. The lowest BCUT2D eigenvalue weighted by atomic mass is 10.1. The molecule has 2 N–H and O–H groups in total. The zero-order valence-electron chi connectivity index (χ0n) is 11.0. The van der Waals surface area contributed by atoms with Crippen LogP contribution in [0, 0.1) is 6.92 Å². The molecule has 5 heteroatoms. The molecular weight excluding hydrogens is 334 g/mol. The van der Waals surface area contributed by atoms with E-state index in [0.717, 1.165) is 20.9 Å². The number of anilines is 1. The molecule has 0 fully saturated rings. The second kappa shape index (κ2) is 5.42. The molecule has 1 aromatic carbocycles. The van der Waals surface area contributed by atoms with Crippen molar-refractivity contribution in [3.63, 3.8) is 0 Å². The van der Waals surface area contributed by atoms with Crippen LogP contribution in [0.4, 0.5) is 5.69 Å². The van der Waals surface area contributed by atoms with E-state index in [9.17, 15) is 0 Å². The van der Waals surface area contributed by atoms with Gasteiger partial charge in [0.05, 0.1) is 20.9 Å². The first-order valence-corrected chi connectivity index (χ1v) is 7.87. The molecular formula is C15H14BrN3S. The first-order valence-electron chi connectivity index (χ1n) is 6.26. The average Bonchev–Trinajstić information content (AvgIpc) is 2.98. The number of halogens is 1. The van der Waals surface area contributed by atoms with Crippen LogP contribution in [0.2, 0.25) is 0 Å². The van der Waals surface area contributed by atoms with Gasteiger partial charge < -0.3 is 5.73 Å². The third-order valence-electron chi connectivity index (χ3n) is 3.19. The summed E-state index contributed by atoms with van der Waals surface area (Å²) in [6.45, 7) is 2.85. The van der Waals surface area contributed by atoms with E-state index >= 15 is 0 Å². The van der Waals surface area contributed by atoms with E-state index in [1.807, 2.05) is 35.1 Å². The number of thiophene rings is 1. The minimum Gasteiger partial charge on any atom is -0.396 e. The SMILES string of the molecule is Cc1ccccc1Cn1cc(N)c(-c2ccc(Br)s2)n1. The maximum Gasteiger partial charge on any atom is 0.125 e. The van der Waals surface area contributed by atoms with Crippen LogP contribution in [0.25, 0.3) is 10.6 Å². The lowest BCUT2D eigenvalue weighted by molar-refractivity contribution is 0.687. The molecule has 0 atom stereocenters. The van der Waals surface area contributed by atoms with Gasteiger partial charge >= 0.3 is 0 Å². The van der Waals surface area contributed by atoms with Crippen molar-refractivity contribution in [2.24, 2.45) is 0 Å². The summed E-state index contributed by atoms with van der Waals surface area (Å²) in [6.07, 6.45) is 1.90. The Kier molecular flexibility index (Phi) is 3.63. The van der Waals surface area contributed by atoms with Gasteiger partial charge in [0.25, 0.3) is 0 Å². The third-order valence-corrected chi connectivity index (χ3v) is 4.82. The van der Waals surface area contributed by atoms with Crippen molar-refractivity contribution in [2.75, 3.05) is 5.73 Å². The monoisotopic (exact) mass is 347 g/mol. The van der Waals surface area contributed by atoms with Gasteiger partial charge in [-0.05, 0) is 46.1 Å². The highest BCUT2D eigenvalue weighted by Gasteiger charge is 2.11. The number of nitrogens with two attached hydrogens (primary N) is 1. The molecule has 0 radical (unpaired) electrons. The summed E-state index contributed by atoms with van der Waals surface area (Å²) in [5.41, 5.74) is 10.2. The summed E-state index contributed by atoms with van der Waals surface area (Å²) in [7, 11) is 0. The van der Waals surface area contributed by atoms with E-state index in [0.29, 0.717) is 5.69 Å². The van der Waals surface area contributed by atoms with Crippen LogP contribution >= 0.6 is 27.3 Å². The Balaban J connectivity index is 1.91. The van der Waals surface area contributed by atoms with Gasteiger partial charge in [-0.15, -0.1) is 11.3 Å². The molecule has 0 aliphatic heterocycles. The molecule has 0 aliphatic carbocycles. The highest BCUT2D eigenvalue weighted by atomic mass is 79.9. The minimum atomic E-state index is 0.716. The van der Waals surface area contributed by atoms with Gasteiger partial charge in [-0.25, -0.2) is 0 Å². The number of hydrogen-bond acceptors (Lipinski definition) is 3. The van der Waals surface area contributed by atoms with E-state index in [-0.39, 0.29) is 0 Å². The van der Waals surface area contributed by atoms with Crippen LogP contribution < -0.4 is 5.73 Å². The predicted octanol–water partition coefficient (Wildman–Crippen LogP) is 4.31. The number of rotatable bonds is 3. The van der Waals surface area contributed by atoms with E-state index in [1.54, 1.807) is 11.3 Å². The minimum absolute atomic E-state index is 0.716. The molecule has 0 saturated carbocycles. The smallest absolute Gasteiger partial charge is 0.125 e. The molecule has 0 amide bonds. The maximum atomic E-state index is 6.08. The number of hydrogen-bond donors (Lipinski definition) is 1. The Bertz CT molecular complexity index is 745. The second-order valence-corrected chi connectivity index (χ2v) is 7.12. The summed E-state index contributed by atoms with van der Waals surface area (Å²) < 4.78 is 2.99. The zero-order valence-corrected chi connectivity index (χ0v) is 13.4. The topological polar surface area (TPSA) is 43.8 Å². The summed E-state index contributed by atoms with van der Waals surface area (Å²) >= 11 is 5.11. The number of nitrogens with zero attached hydrogens (tertiary/aromatic N) is 2. The van der Waals surface area contributed by atoms with Crippen molar-refractivity contribution in [2.45, 2.75) is 13.5 Å². The van der Waals surface area contributed by atoms with Crippen molar-refractivity contribution < 1.29 is 0 Å². The number of aryl methyl sites for hydroxylation is 1. The van der Waals surface area contributed by atoms with Gasteiger partial charge in [0.15, 0.2) is 0 Å². The molecule has 3 nitrogen and oxygen atoms in total. The molecule has 2 aromatic heterocycles. The van der Waals surface area contributed by atoms with Crippen LogP contribution in [0.15, 0.2) is 46.4 Å². The Labute approximate surface area is 130 Å². The second-order valence-electron chi connectivity index (χ2n) is 4.66. The fourth-order valence-electron chi connectivity index (χ4n) is 2.11. The van der Waals surface area contributed by atoms with Gasteiger partial charge in [0.1, 0.15) is 5.69 Å². The largest absolute Gasteiger partial charge is 0.396 e. The molecule has 20 heavy (non-hydrogen) atoms. The van der Waals surface area contributed by atoms with Gasteiger partial charge in [0.2, 0.25) is 0 Å². The quantitative estimate of drug-likeness (QED) is 0.766. The first kappa shape index (κ1) is 13.4. The van der Waals surface area contributed by atoms with Crippen LogP contribution in [0.3, 0.4) is 0 Å². The Morgan fingerprint density at radius 3 is 2.75 bits per heavy atom. The van der Waals surface area contributed by atoms with Gasteiger partial charge in [-0.3, -0.25) is 4.68 Å². The van der Waals surface area contributed by atoms with Crippen LogP contribution in [-0.2, 0) is 6.54 Å². The molecule has 0 spiro atoms. The number of nitrogen functional groups attached to an aromatic ring is 1. The highest BCUT2D eigenvalue weighted by Crippen LogP contribution is 2.33. The molecule has 102 valence electrons. The van der Waals surface area contributed by atoms with E-state index in [1.165, 1.54) is 11.1 Å². The first-order chi connectivity index (χ1) is 9.63. The molecule has 2 heterocycles. The van der Waals surface area contributed by atoms with Crippen LogP contribution in [0.5, 0.6) is 0 Å². The molecule has 0 bridgehead atoms. The Morgan fingerprint density at radius 1 is 1.25 bits per heavy atom. The Morgan fingerprint density at radius 2 is 2.05 bits per heavy atom. The number of benzene rings is 1. The highest BCUT2D eigenvalue weighted by molar-refractivity contribution is 9.11. The third kappa shape index (κ3) is 2.64. The van der Waals surface area contributed by atoms with E-state index in [4.69, 9.17) is 5.73 Å².